The van der Waals surface area contributed by atoms with Gasteiger partial charge in [0, 0.05) is 19.3 Å². The first-order chi connectivity index (χ1) is 9.42. The molecule has 0 aliphatic carbocycles. The van der Waals surface area contributed by atoms with Gasteiger partial charge in [0.05, 0.1) is 6.34 Å². The molecule has 0 amide bonds. The SMILES string of the molecule is C1=NC=C(c2ccccc2)CN1Cc1ccccc1. The Bertz CT molecular complexity index is 585. The average Bonchev–Trinajstić information content (AvgIpc) is 2.49. The maximum absolute atomic E-state index is 4.35. The molecule has 0 fully saturated rings. The summed E-state index contributed by atoms with van der Waals surface area (Å²) < 4.78 is 0. The number of benzene rings is 2. The predicted molar refractivity (Wildman–Crippen MR) is 79.8 cm³/mol. The smallest absolute Gasteiger partial charge is 0.0911 e. The third-order valence-electron chi connectivity index (χ3n) is 3.21. The molecule has 0 saturated carbocycles. The first-order valence-electron chi connectivity index (χ1n) is 6.47. The van der Waals surface area contributed by atoms with Crippen LogP contribution >= 0.6 is 0 Å². The molecule has 0 saturated heterocycles. The Morgan fingerprint density at radius 3 is 2.32 bits per heavy atom. The van der Waals surface area contributed by atoms with E-state index in [0.29, 0.717) is 0 Å². The van der Waals surface area contributed by atoms with Crippen LogP contribution in [0.3, 0.4) is 0 Å². The van der Waals surface area contributed by atoms with Gasteiger partial charge in [-0.15, -0.1) is 0 Å². The van der Waals surface area contributed by atoms with Crippen LogP contribution in [-0.2, 0) is 6.54 Å². The van der Waals surface area contributed by atoms with Crippen LogP contribution in [0.1, 0.15) is 11.1 Å². The summed E-state index contributed by atoms with van der Waals surface area (Å²) in [5, 5.41) is 0. The molecule has 0 N–H and O–H groups in total. The Kier molecular flexibility index (Phi) is 3.41. The van der Waals surface area contributed by atoms with Crippen LogP contribution in [0.2, 0.25) is 0 Å². The summed E-state index contributed by atoms with van der Waals surface area (Å²) in [5.41, 5.74) is 3.82. The zero-order valence-electron chi connectivity index (χ0n) is 10.7. The van der Waals surface area contributed by atoms with Crippen LogP contribution in [0.25, 0.3) is 5.57 Å². The summed E-state index contributed by atoms with van der Waals surface area (Å²) in [5.74, 6) is 0. The van der Waals surface area contributed by atoms with Gasteiger partial charge in [-0.2, -0.15) is 0 Å². The zero-order valence-corrected chi connectivity index (χ0v) is 10.7. The second kappa shape index (κ2) is 5.53. The molecule has 2 nitrogen and oxygen atoms in total. The van der Waals surface area contributed by atoms with Gasteiger partial charge < -0.3 is 4.90 Å². The van der Waals surface area contributed by atoms with Crippen LogP contribution in [0.5, 0.6) is 0 Å². The van der Waals surface area contributed by atoms with Crippen LogP contribution in [-0.4, -0.2) is 17.8 Å². The molecule has 0 atom stereocenters. The summed E-state index contributed by atoms with van der Waals surface area (Å²) in [7, 11) is 0. The van der Waals surface area contributed by atoms with Crippen LogP contribution < -0.4 is 0 Å². The second-order valence-corrected chi connectivity index (χ2v) is 4.68. The van der Waals surface area contributed by atoms with Gasteiger partial charge in [0.15, 0.2) is 0 Å². The first-order valence-corrected chi connectivity index (χ1v) is 6.47. The highest BCUT2D eigenvalue weighted by atomic mass is 15.2. The zero-order chi connectivity index (χ0) is 12.9. The lowest BCUT2D eigenvalue weighted by molar-refractivity contribution is 0.472. The van der Waals surface area contributed by atoms with Crippen molar-refractivity contribution in [3.05, 3.63) is 78.0 Å². The van der Waals surface area contributed by atoms with Gasteiger partial charge in [-0.1, -0.05) is 60.7 Å². The molecule has 0 spiro atoms. The molecule has 1 aliphatic rings. The van der Waals surface area contributed by atoms with Gasteiger partial charge in [0.1, 0.15) is 0 Å². The lowest BCUT2D eigenvalue weighted by Crippen LogP contribution is -2.25. The van der Waals surface area contributed by atoms with Crippen molar-refractivity contribution >= 4 is 11.9 Å². The summed E-state index contributed by atoms with van der Waals surface area (Å²) in [6, 6.07) is 20.9. The molecular weight excluding hydrogens is 232 g/mol. The minimum atomic E-state index is 0.897. The highest BCUT2D eigenvalue weighted by molar-refractivity contribution is 5.74. The van der Waals surface area contributed by atoms with Gasteiger partial charge in [-0.05, 0) is 16.7 Å². The Morgan fingerprint density at radius 2 is 1.58 bits per heavy atom. The molecule has 1 aliphatic heterocycles. The van der Waals surface area contributed by atoms with Crippen molar-refractivity contribution < 1.29 is 0 Å². The minimum Gasteiger partial charge on any atom is -0.354 e. The highest BCUT2D eigenvalue weighted by Gasteiger charge is 2.10. The Balaban J connectivity index is 1.72. The largest absolute Gasteiger partial charge is 0.354 e. The van der Waals surface area contributed by atoms with E-state index in [1.807, 2.05) is 24.7 Å². The van der Waals surface area contributed by atoms with Gasteiger partial charge in [-0.3, -0.25) is 0 Å². The number of hydrogen-bond acceptors (Lipinski definition) is 2. The van der Waals surface area contributed by atoms with Gasteiger partial charge >= 0.3 is 0 Å². The predicted octanol–water partition coefficient (Wildman–Crippen LogP) is 3.57. The Labute approximate surface area is 113 Å². The molecule has 19 heavy (non-hydrogen) atoms. The van der Waals surface area contributed by atoms with E-state index in [9.17, 15) is 0 Å². The molecular formula is C17H16N2. The molecule has 0 bridgehead atoms. The van der Waals surface area contributed by atoms with Gasteiger partial charge in [0.2, 0.25) is 0 Å². The second-order valence-electron chi connectivity index (χ2n) is 4.68. The van der Waals surface area contributed by atoms with Crippen molar-refractivity contribution in [3.63, 3.8) is 0 Å². The van der Waals surface area contributed by atoms with E-state index < -0.39 is 0 Å². The lowest BCUT2D eigenvalue weighted by atomic mass is 10.1. The van der Waals surface area contributed by atoms with Gasteiger partial charge in [-0.25, -0.2) is 4.99 Å². The third-order valence-corrected chi connectivity index (χ3v) is 3.21. The van der Waals surface area contributed by atoms with Crippen molar-refractivity contribution in [1.82, 2.24) is 4.90 Å². The standard InChI is InChI=1S/C17H16N2/c1-3-7-15(8-4-1)12-19-13-17(11-18-14-19)16-9-5-2-6-10-16/h1-11,14H,12-13H2. The summed E-state index contributed by atoms with van der Waals surface area (Å²) in [4.78, 5) is 6.59. The van der Waals surface area contributed by atoms with Crippen molar-refractivity contribution in [1.29, 1.82) is 0 Å². The molecule has 0 unspecified atom stereocenters. The van der Waals surface area contributed by atoms with Crippen molar-refractivity contribution in [2.75, 3.05) is 6.54 Å². The Hall–Kier alpha value is -2.35. The van der Waals surface area contributed by atoms with E-state index >= 15 is 0 Å². The fourth-order valence-corrected chi connectivity index (χ4v) is 2.25. The molecule has 0 radical (unpaired) electrons. The van der Waals surface area contributed by atoms with Crippen molar-refractivity contribution in [2.45, 2.75) is 6.54 Å². The number of hydrogen-bond donors (Lipinski definition) is 0. The van der Waals surface area contributed by atoms with E-state index in [2.05, 4.69) is 58.4 Å². The van der Waals surface area contributed by atoms with Crippen molar-refractivity contribution in [3.8, 4) is 0 Å². The molecule has 2 aromatic carbocycles. The van der Waals surface area contributed by atoms with Crippen LogP contribution in [0.15, 0.2) is 71.9 Å². The van der Waals surface area contributed by atoms with Crippen molar-refractivity contribution in [2.24, 2.45) is 4.99 Å². The molecule has 2 aromatic rings. The maximum Gasteiger partial charge on any atom is 0.0911 e. The lowest BCUT2D eigenvalue weighted by Gasteiger charge is -2.24. The van der Waals surface area contributed by atoms with Crippen LogP contribution in [0, 0.1) is 0 Å². The summed E-state index contributed by atoms with van der Waals surface area (Å²) in [6.07, 6.45) is 3.87. The number of nitrogens with zero attached hydrogens (tertiary/aromatic N) is 2. The Morgan fingerprint density at radius 1 is 0.895 bits per heavy atom. The summed E-state index contributed by atoms with van der Waals surface area (Å²) >= 11 is 0. The molecule has 3 rings (SSSR count). The van der Waals surface area contributed by atoms with Gasteiger partial charge in [0.25, 0.3) is 0 Å². The molecule has 94 valence electrons. The first kappa shape index (κ1) is 11.7. The monoisotopic (exact) mass is 248 g/mol. The fraction of sp³-hybridized carbons (Fsp3) is 0.118. The van der Waals surface area contributed by atoms with E-state index in [-0.39, 0.29) is 0 Å². The number of rotatable bonds is 3. The molecule has 0 aromatic heterocycles. The van der Waals surface area contributed by atoms with E-state index in [4.69, 9.17) is 0 Å². The quantitative estimate of drug-likeness (QED) is 0.810. The fourth-order valence-electron chi connectivity index (χ4n) is 2.25. The van der Waals surface area contributed by atoms with E-state index in [0.717, 1.165) is 13.1 Å². The number of aliphatic imine (C=N–C) groups is 1. The average molecular weight is 248 g/mol. The third kappa shape index (κ3) is 2.91. The highest BCUT2D eigenvalue weighted by Crippen LogP contribution is 2.18. The maximum atomic E-state index is 4.35. The minimum absolute atomic E-state index is 0.897. The summed E-state index contributed by atoms with van der Waals surface area (Å²) in [6.45, 7) is 1.80. The molecule has 2 heteroatoms. The van der Waals surface area contributed by atoms with E-state index in [1.165, 1.54) is 16.7 Å². The normalized spacial score (nSPS) is 14.3. The topological polar surface area (TPSA) is 15.6 Å². The van der Waals surface area contributed by atoms with E-state index in [1.54, 1.807) is 0 Å². The van der Waals surface area contributed by atoms with Crippen LogP contribution in [0.4, 0.5) is 0 Å². The molecule has 1 heterocycles.